The summed E-state index contributed by atoms with van der Waals surface area (Å²) < 4.78 is 4.39. The molecule has 2 unspecified atom stereocenters. The normalized spacial score (nSPS) is 24.5. The lowest BCUT2D eigenvalue weighted by Crippen LogP contribution is -2.37. The predicted molar refractivity (Wildman–Crippen MR) is 83.4 cm³/mol. The van der Waals surface area contributed by atoms with Crippen molar-refractivity contribution in [2.24, 2.45) is 7.05 Å². The lowest BCUT2D eigenvalue weighted by Gasteiger charge is -2.27. The van der Waals surface area contributed by atoms with Crippen molar-refractivity contribution < 1.29 is 0 Å². The molecule has 6 nitrogen and oxygen atoms in total. The molecule has 4 heterocycles. The molecular formula is C16H24N6. The molecule has 1 saturated heterocycles. The van der Waals surface area contributed by atoms with E-state index in [9.17, 15) is 0 Å². The van der Waals surface area contributed by atoms with Gasteiger partial charge in [0.2, 0.25) is 0 Å². The third-order valence-electron chi connectivity index (χ3n) is 5.25. The molecule has 2 aliphatic rings. The highest BCUT2D eigenvalue weighted by Crippen LogP contribution is 2.32. The second-order valence-electron chi connectivity index (χ2n) is 6.66. The maximum atomic E-state index is 4.49. The third-order valence-corrected chi connectivity index (χ3v) is 5.25. The molecule has 118 valence electrons. The number of nitrogens with zero attached hydrogens (tertiary/aromatic N) is 6. The van der Waals surface area contributed by atoms with Gasteiger partial charge in [-0.1, -0.05) is 6.92 Å². The summed E-state index contributed by atoms with van der Waals surface area (Å²) >= 11 is 0. The summed E-state index contributed by atoms with van der Waals surface area (Å²) in [5.74, 6) is 2.31. The van der Waals surface area contributed by atoms with Gasteiger partial charge in [0.15, 0.2) is 0 Å². The van der Waals surface area contributed by atoms with E-state index in [0.717, 1.165) is 37.4 Å². The molecule has 2 aromatic heterocycles. The summed E-state index contributed by atoms with van der Waals surface area (Å²) in [4.78, 5) is 2.67. The lowest BCUT2D eigenvalue weighted by atomic mass is 10.1. The van der Waals surface area contributed by atoms with E-state index in [-0.39, 0.29) is 0 Å². The monoisotopic (exact) mass is 300 g/mol. The van der Waals surface area contributed by atoms with Gasteiger partial charge in [0, 0.05) is 45.1 Å². The Kier molecular flexibility index (Phi) is 3.29. The van der Waals surface area contributed by atoms with Gasteiger partial charge >= 0.3 is 0 Å². The first-order valence-corrected chi connectivity index (χ1v) is 8.32. The van der Waals surface area contributed by atoms with Crippen molar-refractivity contribution in [1.29, 1.82) is 0 Å². The van der Waals surface area contributed by atoms with Crippen LogP contribution in [0.15, 0.2) is 6.07 Å². The van der Waals surface area contributed by atoms with Crippen LogP contribution >= 0.6 is 0 Å². The summed E-state index contributed by atoms with van der Waals surface area (Å²) in [5, 5.41) is 13.3. The minimum absolute atomic E-state index is 0.593. The smallest absolute Gasteiger partial charge is 0.134 e. The van der Waals surface area contributed by atoms with Crippen LogP contribution in [0.2, 0.25) is 0 Å². The predicted octanol–water partition coefficient (Wildman–Crippen LogP) is 1.47. The quantitative estimate of drug-likeness (QED) is 0.861. The molecule has 0 N–H and O–H groups in total. The van der Waals surface area contributed by atoms with Crippen molar-refractivity contribution in [1.82, 2.24) is 29.4 Å². The first kappa shape index (κ1) is 13.9. The number of rotatable bonds is 3. The second kappa shape index (κ2) is 5.19. The average Bonchev–Trinajstić information content (AvgIpc) is 3.09. The molecule has 2 aliphatic heterocycles. The van der Waals surface area contributed by atoms with Gasteiger partial charge in [-0.15, -0.1) is 10.2 Å². The highest BCUT2D eigenvalue weighted by molar-refractivity contribution is 5.11. The summed E-state index contributed by atoms with van der Waals surface area (Å²) in [7, 11) is 2.05. The fourth-order valence-corrected chi connectivity index (χ4v) is 4.10. The van der Waals surface area contributed by atoms with E-state index < -0.39 is 0 Å². The van der Waals surface area contributed by atoms with Gasteiger partial charge in [-0.05, 0) is 25.8 Å². The van der Waals surface area contributed by atoms with Crippen LogP contribution in [-0.4, -0.2) is 41.5 Å². The Morgan fingerprint density at radius 3 is 2.77 bits per heavy atom. The Hall–Kier alpha value is -1.69. The largest absolute Gasteiger partial charge is 0.313 e. The fraction of sp³-hybridized carbons (Fsp3) is 0.688. The Morgan fingerprint density at radius 2 is 2.05 bits per heavy atom. The third kappa shape index (κ3) is 2.17. The van der Waals surface area contributed by atoms with Crippen LogP contribution in [0.1, 0.15) is 42.8 Å². The van der Waals surface area contributed by atoms with Gasteiger partial charge in [0.25, 0.3) is 0 Å². The Balaban J connectivity index is 1.61. The maximum absolute atomic E-state index is 4.49. The van der Waals surface area contributed by atoms with Crippen LogP contribution in [0.3, 0.4) is 0 Å². The molecule has 2 atom stereocenters. The Labute approximate surface area is 131 Å². The summed E-state index contributed by atoms with van der Waals surface area (Å²) in [6, 6.07) is 3.40. The van der Waals surface area contributed by atoms with E-state index in [1.807, 2.05) is 11.7 Å². The lowest BCUT2D eigenvalue weighted by molar-refractivity contribution is 0.175. The number of fused-ring (bicyclic) bond motifs is 3. The molecular weight excluding hydrogens is 276 g/mol. The molecule has 0 spiro atoms. The van der Waals surface area contributed by atoms with E-state index in [1.54, 1.807) is 0 Å². The van der Waals surface area contributed by atoms with Crippen molar-refractivity contribution in [2.45, 2.75) is 64.7 Å². The van der Waals surface area contributed by atoms with Crippen molar-refractivity contribution in [3.63, 3.8) is 0 Å². The van der Waals surface area contributed by atoms with E-state index in [4.69, 9.17) is 0 Å². The molecule has 0 radical (unpaired) electrons. The Morgan fingerprint density at radius 1 is 1.23 bits per heavy atom. The van der Waals surface area contributed by atoms with Crippen molar-refractivity contribution in [3.8, 4) is 0 Å². The van der Waals surface area contributed by atoms with Crippen LogP contribution in [0, 0.1) is 6.92 Å². The van der Waals surface area contributed by atoms with Crippen LogP contribution in [-0.2, 0) is 33.0 Å². The van der Waals surface area contributed by atoms with Gasteiger partial charge < -0.3 is 4.57 Å². The molecule has 2 aromatic rings. The minimum atomic E-state index is 0.593. The molecule has 0 aliphatic carbocycles. The SMILES string of the molecule is CCc1nnc2n1CC1CCC(C2)N1Cc1cc(C)nn1C. The van der Waals surface area contributed by atoms with Gasteiger partial charge in [-0.25, -0.2) is 0 Å². The molecule has 6 heteroatoms. The molecule has 0 aromatic carbocycles. The minimum Gasteiger partial charge on any atom is -0.313 e. The van der Waals surface area contributed by atoms with Crippen LogP contribution < -0.4 is 0 Å². The molecule has 22 heavy (non-hydrogen) atoms. The molecule has 0 amide bonds. The zero-order valence-corrected chi connectivity index (χ0v) is 13.7. The number of aryl methyl sites for hydroxylation is 3. The summed E-state index contributed by atoms with van der Waals surface area (Å²) in [6.45, 7) is 6.26. The number of aromatic nitrogens is 5. The van der Waals surface area contributed by atoms with Crippen LogP contribution in [0.25, 0.3) is 0 Å². The van der Waals surface area contributed by atoms with E-state index >= 15 is 0 Å². The maximum Gasteiger partial charge on any atom is 0.134 e. The van der Waals surface area contributed by atoms with E-state index in [1.165, 1.54) is 24.4 Å². The van der Waals surface area contributed by atoms with Crippen molar-refractivity contribution in [3.05, 3.63) is 29.1 Å². The number of hydrogen-bond donors (Lipinski definition) is 0. The molecule has 4 rings (SSSR count). The summed E-state index contributed by atoms with van der Waals surface area (Å²) in [5.41, 5.74) is 2.41. The van der Waals surface area contributed by atoms with Crippen molar-refractivity contribution >= 4 is 0 Å². The second-order valence-corrected chi connectivity index (χ2v) is 6.66. The topological polar surface area (TPSA) is 51.8 Å². The molecule has 2 bridgehead atoms. The molecule has 0 saturated carbocycles. The first-order chi connectivity index (χ1) is 10.7. The zero-order chi connectivity index (χ0) is 15.3. The average molecular weight is 300 g/mol. The van der Waals surface area contributed by atoms with Crippen LogP contribution in [0.4, 0.5) is 0 Å². The van der Waals surface area contributed by atoms with E-state index in [0.29, 0.717) is 12.1 Å². The Bertz CT molecular complexity index is 685. The highest BCUT2D eigenvalue weighted by Gasteiger charge is 2.38. The van der Waals surface area contributed by atoms with Gasteiger partial charge in [0.05, 0.1) is 11.4 Å². The standard InChI is InChI=1S/C16H24N6/c1-4-15-17-18-16-8-12-5-6-13(9-22(15)16)21(12)10-14-7-11(2)19-20(14)3/h7,12-13H,4-6,8-10H2,1-3H3. The van der Waals surface area contributed by atoms with E-state index in [2.05, 4.69) is 44.7 Å². The van der Waals surface area contributed by atoms with Crippen LogP contribution in [0.5, 0.6) is 0 Å². The molecule has 1 fully saturated rings. The van der Waals surface area contributed by atoms with Gasteiger partial charge in [0.1, 0.15) is 11.6 Å². The first-order valence-electron chi connectivity index (χ1n) is 8.32. The van der Waals surface area contributed by atoms with Crippen molar-refractivity contribution in [2.75, 3.05) is 0 Å². The van der Waals surface area contributed by atoms with Gasteiger partial charge in [-0.2, -0.15) is 5.10 Å². The number of hydrogen-bond acceptors (Lipinski definition) is 4. The highest BCUT2D eigenvalue weighted by atomic mass is 15.3. The zero-order valence-electron chi connectivity index (χ0n) is 13.7. The fourth-order valence-electron chi connectivity index (χ4n) is 4.10. The van der Waals surface area contributed by atoms with Gasteiger partial charge in [-0.3, -0.25) is 9.58 Å². The summed E-state index contributed by atoms with van der Waals surface area (Å²) in [6.07, 6.45) is 4.55.